The summed E-state index contributed by atoms with van der Waals surface area (Å²) in [7, 11) is 1.79. The van der Waals surface area contributed by atoms with Crippen LogP contribution >= 0.6 is 11.8 Å². The van der Waals surface area contributed by atoms with E-state index in [1.807, 2.05) is 20.8 Å². The van der Waals surface area contributed by atoms with Gasteiger partial charge >= 0.3 is 6.03 Å². The van der Waals surface area contributed by atoms with Gasteiger partial charge in [-0.05, 0) is 27.7 Å². The number of aryl methyl sites for hydroxylation is 1. The molecule has 1 rings (SSSR count). The van der Waals surface area contributed by atoms with Gasteiger partial charge in [0.15, 0.2) is 5.16 Å². The van der Waals surface area contributed by atoms with Gasteiger partial charge in [0, 0.05) is 12.6 Å². The van der Waals surface area contributed by atoms with Gasteiger partial charge in [-0.2, -0.15) is 0 Å². The van der Waals surface area contributed by atoms with E-state index in [9.17, 15) is 9.59 Å². The van der Waals surface area contributed by atoms with Crippen LogP contribution in [0.15, 0.2) is 11.5 Å². The zero-order valence-corrected chi connectivity index (χ0v) is 12.5. The van der Waals surface area contributed by atoms with E-state index in [2.05, 4.69) is 20.8 Å². The lowest BCUT2D eigenvalue weighted by atomic mass is 10.1. The Kier molecular flexibility index (Phi) is 4.93. The van der Waals surface area contributed by atoms with Crippen LogP contribution in [0.25, 0.3) is 0 Å². The summed E-state index contributed by atoms with van der Waals surface area (Å²) in [5.41, 5.74) is -0.385. The number of nitrogens with zero attached hydrogens (tertiary/aromatic N) is 3. The summed E-state index contributed by atoms with van der Waals surface area (Å²) in [6.07, 6.45) is 1.55. The minimum absolute atomic E-state index is 0.366. The average molecular weight is 285 g/mol. The first-order valence-electron chi connectivity index (χ1n) is 5.82. The number of amides is 3. The molecule has 0 aromatic carbocycles. The van der Waals surface area contributed by atoms with Gasteiger partial charge in [0.2, 0.25) is 5.91 Å². The zero-order chi connectivity index (χ0) is 14.6. The van der Waals surface area contributed by atoms with E-state index in [0.717, 1.165) is 0 Å². The van der Waals surface area contributed by atoms with Gasteiger partial charge in [-0.15, -0.1) is 10.2 Å². The molecule has 0 saturated carbocycles. The van der Waals surface area contributed by atoms with Crippen molar-refractivity contribution in [2.45, 2.75) is 43.6 Å². The number of imide groups is 1. The van der Waals surface area contributed by atoms with Crippen molar-refractivity contribution in [3.63, 3.8) is 0 Å². The number of thioether (sulfide) groups is 1. The molecule has 1 heterocycles. The summed E-state index contributed by atoms with van der Waals surface area (Å²) >= 11 is 1.24. The maximum atomic E-state index is 11.8. The molecule has 106 valence electrons. The van der Waals surface area contributed by atoms with Crippen LogP contribution in [0.1, 0.15) is 27.7 Å². The van der Waals surface area contributed by atoms with Crippen LogP contribution in [0.3, 0.4) is 0 Å². The van der Waals surface area contributed by atoms with Crippen LogP contribution < -0.4 is 10.6 Å². The van der Waals surface area contributed by atoms with Crippen LogP contribution in [0, 0.1) is 0 Å². The maximum absolute atomic E-state index is 11.8. The Bertz CT molecular complexity index is 466. The molecule has 1 atom stereocenters. The van der Waals surface area contributed by atoms with E-state index in [1.54, 1.807) is 24.9 Å². The molecular weight excluding hydrogens is 266 g/mol. The Labute approximate surface area is 116 Å². The Morgan fingerprint density at radius 2 is 2.05 bits per heavy atom. The van der Waals surface area contributed by atoms with E-state index >= 15 is 0 Å². The van der Waals surface area contributed by atoms with Crippen molar-refractivity contribution in [1.82, 2.24) is 25.4 Å². The number of rotatable bonds is 3. The molecular formula is C11H19N5O2S. The molecule has 1 aromatic heterocycles. The number of carbonyl (C=O) groups excluding carboxylic acids is 2. The monoisotopic (exact) mass is 285 g/mol. The molecule has 0 bridgehead atoms. The topological polar surface area (TPSA) is 88.9 Å². The Morgan fingerprint density at radius 3 is 2.53 bits per heavy atom. The Balaban J connectivity index is 2.50. The number of hydrogen-bond donors (Lipinski definition) is 2. The van der Waals surface area contributed by atoms with E-state index in [1.165, 1.54) is 11.8 Å². The minimum atomic E-state index is -0.497. The second kappa shape index (κ2) is 6.05. The molecule has 19 heavy (non-hydrogen) atoms. The maximum Gasteiger partial charge on any atom is 0.321 e. The average Bonchev–Trinajstić information content (AvgIpc) is 2.61. The highest BCUT2D eigenvalue weighted by Crippen LogP contribution is 2.19. The van der Waals surface area contributed by atoms with Crippen LogP contribution in [-0.4, -0.2) is 37.5 Å². The molecule has 0 saturated heterocycles. The van der Waals surface area contributed by atoms with Crippen molar-refractivity contribution in [2.24, 2.45) is 7.05 Å². The van der Waals surface area contributed by atoms with Crippen molar-refractivity contribution >= 4 is 23.7 Å². The van der Waals surface area contributed by atoms with Crippen LogP contribution in [0.5, 0.6) is 0 Å². The van der Waals surface area contributed by atoms with Crippen molar-refractivity contribution < 1.29 is 9.59 Å². The van der Waals surface area contributed by atoms with E-state index in [4.69, 9.17) is 0 Å². The molecule has 1 aromatic rings. The van der Waals surface area contributed by atoms with E-state index in [-0.39, 0.29) is 11.4 Å². The largest absolute Gasteiger partial charge is 0.333 e. The van der Waals surface area contributed by atoms with Crippen molar-refractivity contribution in [3.8, 4) is 0 Å². The van der Waals surface area contributed by atoms with Crippen LogP contribution in [0.4, 0.5) is 4.79 Å². The Morgan fingerprint density at radius 1 is 1.42 bits per heavy atom. The summed E-state index contributed by atoms with van der Waals surface area (Å²) in [5, 5.41) is 12.7. The SMILES string of the molecule is CC(Sc1nncn1C)C(=O)NC(=O)NC(C)(C)C. The number of urea groups is 1. The Hall–Kier alpha value is -1.57. The van der Waals surface area contributed by atoms with Gasteiger partial charge in [0.25, 0.3) is 0 Å². The molecule has 3 amide bonds. The normalized spacial score (nSPS) is 12.9. The standard InChI is InChI=1S/C11H19N5O2S/c1-7(19-10-15-12-6-16(10)5)8(17)13-9(18)14-11(2,3)4/h6-7H,1-5H3,(H2,13,14,17,18). The first-order valence-corrected chi connectivity index (χ1v) is 6.70. The molecule has 0 radical (unpaired) electrons. The highest BCUT2D eigenvalue weighted by Gasteiger charge is 2.21. The lowest BCUT2D eigenvalue weighted by Crippen LogP contribution is -2.49. The number of carbonyl (C=O) groups is 2. The van der Waals surface area contributed by atoms with Crippen LogP contribution in [-0.2, 0) is 11.8 Å². The third kappa shape index (κ3) is 5.29. The van der Waals surface area contributed by atoms with Crippen LogP contribution in [0.2, 0.25) is 0 Å². The van der Waals surface area contributed by atoms with Gasteiger partial charge < -0.3 is 9.88 Å². The summed E-state index contributed by atoms with van der Waals surface area (Å²) < 4.78 is 1.71. The number of hydrogen-bond acceptors (Lipinski definition) is 5. The minimum Gasteiger partial charge on any atom is -0.333 e. The summed E-state index contributed by atoms with van der Waals surface area (Å²) in [5.74, 6) is -0.366. The molecule has 0 aliphatic rings. The summed E-state index contributed by atoms with van der Waals surface area (Å²) in [6.45, 7) is 7.23. The fourth-order valence-corrected chi connectivity index (χ4v) is 1.97. The number of aromatic nitrogens is 3. The second-order valence-corrected chi connectivity index (χ2v) is 6.49. The molecule has 1 unspecified atom stereocenters. The lowest BCUT2D eigenvalue weighted by Gasteiger charge is -2.21. The lowest BCUT2D eigenvalue weighted by molar-refractivity contribution is -0.119. The fourth-order valence-electron chi connectivity index (χ4n) is 1.18. The molecule has 7 nitrogen and oxygen atoms in total. The van der Waals surface area contributed by atoms with Gasteiger partial charge in [-0.3, -0.25) is 10.1 Å². The summed E-state index contributed by atoms with van der Waals surface area (Å²) in [4.78, 5) is 23.4. The molecule has 0 aliphatic carbocycles. The van der Waals surface area contributed by atoms with E-state index < -0.39 is 11.3 Å². The first-order chi connectivity index (χ1) is 8.69. The van der Waals surface area contributed by atoms with Crippen molar-refractivity contribution in [1.29, 1.82) is 0 Å². The number of nitrogens with one attached hydrogen (secondary N) is 2. The molecule has 2 N–H and O–H groups in total. The van der Waals surface area contributed by atoms with Crippen molar-refractivity contribution in [3.05, 3.63) is 6.33 Å². The molecule has 0 aliphatic heterocycles. The predicted molar refractivity (Wildman–Crippen MR) is 72.7 cm³/mol. The highest BCUT2D eigenvalue weighted by molar-refractivity contribution is 8.00. The van der Waals surface area contributed by atoms with E-state index in [0.29, 0.717) is 5.16 Å². The second-order valence-electron chi connectivity index (χ2n) is 5.18. The predicted octanol–water partition coefficient (Wildman–Crippen LogP) is 0.920. The molecule has 0 fully saturated rings. The van der Waals surface area contributed by atoms with Crippen molar-refractivity contribution in [2.75, 3.05) is 0 Å². The van der Waals surface area contributed by atoms with Gasteiger partial charge in [-0.25, -0.2) is 4.79 Å². The third-order valence-electron chi connectivity index (χ3n) is 2.05. The molecule has 8 heteroatoms. The molecule has 0 spiro atoms. The van der Waals surface area contributed by atoms with Gasteiger partial charge in [0.1, 0.15) is 6.33 Å². The first kappa shape index (κ1) is 15.5. The highest BCUT2D eigenvalue weighted by atomic mass is 32.2. The van der Waals surface area contributed by atoms with Gasteiger partial charge in [-0.1, -0.05) is 11.8 Å². The fraction of sp³-hybridized carbons (Fsp3) is 0.636. The smallest absolute Gasteiger partial charge is 0.321 e. The third-order valence-corrected chi connectivity index (χ3v) is 3.19. The van der Waals surface area contributed by atoms with Gasteiger partial charge in [0.05, 0.1) is 5.25 Å². The summed E-state index contributed by atoms with van der Waals surface area (Å²) in [6, 6.07) is -0.497. The zero-order valence-electron chi connectivity index (χ0n) is 11.7. The quantitative estimate of drug-likeness (QED) is 0.806.